The van der Waals surface area contributed by atoms with E-state index in [1.165, 1.54) is 5.56 Å². The van der Waals surface area contributed by atoms with Crippen molar-refractivity contribution in [1.82, 2.24) is 10.2 Å². The van der Waals surface area contributed by atoms with Gasteiger partial charge in [-0.3, -0.25) is 0 Å². The molecule has 1 atom stereocenters. The third kappa shape index (κ3) is 3.72. The molecule has 0 amide bonds. The molecule has 0 aliphatic rings. The quantitative estimate of drug-likeness (QED) is 0.840. The Labute approximate surface area is 111 Å². The van der Waals surface area contributed by atoms with E-state index in [0.29, 0.717) is 0 Å². The Morgan fingerprint density at radius 1 is 1.28 bits per heavy atom. The highest BCUT2D eigenvalue weighted by atomic mass is 16.5. The van der Waals surface area contributed by atoms with Gasteiger partial charge in [0.1, 0.15) is 5.75 Å². The fourth-order valence-corrected chi connectivity index (χ4v) is 1.70. The van der Waals surface area contributed by atoms with Gasteiger partial charge >= 0.3 is 0 Å². The number of rotatable bonds is 6. The Morgan fingerprint density at radius 3 is 2.44 bits per heavy atom. The van der Waals surface area contributed by atoms with Crippen LogP contribution in [-0.4, -0.2) is 38.2 Å². The van der Waals surface area contributed by atoms with Gasteiger partial charge in [-0.15, -0.1) is 0 Å². The summed E-state index contributed by atoms with van der Waals surface area (Å²) in [5.41, 5.74) is 1.34. The van der Waals surface area contributed by atoms with Crippen molar-refractivity contribution in [2.75, 3.05) is 27.7 Å². The number of nitrogens with zero attached hydrogens (tertiary/aromatic N) is 1. The first-order valence-electron chi connectivity index (χ1n) is 6.42. The van der Waals surface area contributed by atoms with Crippen LogP contribution in [0.1, 0.15) is 32.4 Å². The lowest BCUT2D eigenvalue weighted by molar-refractivity contribution is 0.185. The van der Waals surface area contributed by atoms with Gasteiger partial charge in [-0.05, 0) is 40.9 Å². The molecule has 0 aliphatic heterocycles. The monoisotopic (exact) mass is 250 g/mol. The molecule has 1 rings (SSSR count). The van der Waals surface area contributed by atoms with Crippen LogP contribution in [0, 0.1) is 0 Å². The largest absolute Gasteiger partial charge is 0.496 e. The summed E-state index contributed by atoms with van der Waals surface area (Å²) >= 11 is 0. The lowest BCUT2D eigenvalue weighted by Gasteiger charge is -2.34. The highest BCUT2D eigenvalue weighted by Gasteiger charge is 2.21. The van der Waals surface area contributed by atoms with Gasteiger partial charge in [-0.25, -0.2) is 0 Å². The third-order valence-electron chi connectivity index (χ3n) is 3.66. The molecule has 1 aromatic carbocycles. The predicted molar refractivity (Wildman–Crippen MR) is 77.2 cm³/mol. The summed E-state index contributed by atoms with van der Waals surface area (Å²) < 4.78 is 5.40. The molecule has 1 unspecified atom stereocenters. The summed E-state index contributed by atoms with van der Waals surface area (Å²) in [6.07, 6.45) is 0. The van der Waals surface area contributed by atoms with E-state index in [-0.39, 0.29) is 11.6 Å². The van der Waals surface area contributed by atoms with Gasteiger partial charge in [0, 0.05) is 23.7 Å². The number of methoxy groups -OCH3 is 1. The average Bonchev–Trinajstić information content (AvgIpc) is 2.35. The number of likely N-dealkylation sites (N-methyl/N-ethyl adjacent to an activating group) is 1. The molecule has 0 bridgehead atoms. The first kappa shape index (κ1) is 15.0. The number of hydrogen-bond donors (Lipinski definition) is 1. The summed E-state index contributed by atoms with van der Waals surface area (Å²) in [4.78, 5) is 2.23. The zero-order chi connectivity index (χ0) is 13.8. The summed E-state index contributed by atoms with van der Waals surface area (Å²) in [5, 5.41) is 3.57. The van der Waals surface area contributed by atoms with E-state index in [9.17, 15) is 0 Å². The van der Waals surface area contributed by atoms with Crippen molar-refractivity contribution in [2.24, 2.45) is 0 Å². The molecule has 0 radical (unpaired) electrons. The van der Waals surface area contributed by atoms with Gasteiger partial charge in [0.05, 0.1) is 7.11 Å². The molecule has 102 valence electrons. The van der Waals surface area contributed by atoms with Crippen molar-refractivity contribution in [3.63, 3.8) is 0 Å². The minimum atomic E-state index is 0.135. The first-order valence-corrected chi connectivity index (χ1v) is 6.42. The Kier molecular flexibility index (Phi) is 5.17. The van der Waals surface area contributed by atoms with Crippen molar-refractivity contribution in [1.29, 1.82) is 0 Å². The minimum Gasteiger partial charge on any atom is -0.496 e. The fourth-order valence-electron chi connectivity index (χ4n) is 1.70. The van der Waals surface area contributed by atoms with Crippen molar-refractivity contribution in [3.8, 4) is 5.75 Å². The molecular weight excluding hydrogens is 224 g/mol. The van der Waals surface area contributed by atoms with Gasteiger partial charge < -0.3 is 15.0 Å². The lowest BCUT2D eigenvalue weighted by Crippen LogP contribution is -2.47. The smallest absolute Gasteiger partial charge is 0.123 e. The van der Waals surface area contributed by atoms with Gasteiger partial charge in [-0.2, -0.15) is 0 Å². The van der Waals surface area contributed by atoms with Crippen molar-refractivity contribution in [2.45, 2.75) is 32.4 Å². The normalized spacial score (nSPS) is 13.7. The van der Waals surface area contributed by atoms with Crippen LogP contribution in [0.2, 0.25) is 0 Å². The van der Waals surface area contributed by atoms with Crippen molar-refractivity contribution < 1.29 is 4.74 Å². The summed E-state index contributed by atoms with van der Waals surface area (Å²) in [7, 11) is 5.93. The Morgan fingerprint density at radius 2 is 1.89 bits per heavy atom. The highest BCUT2D eigenvalue weighted by molar-refractivity contribution is 5.35. The molecule has 3 heteroatoms. The average molecular weight is 250 g/mol. The second kappa shape index (κ2) is 6.21. The van der Waals surface area contributed by atoms with Crippen molar-refractivity contribution >= 4 is 0 Å². The molecule has 0 saturated carbocycles. The molecule has 1 N–H and O–H groups in total. The number of ether oxygens (including phenoxy) is 1. The summed E-state index contributed by atoms with van der Waals surface area (Å²) in [6, 6.07) is 8.44. The van der Waals surface area contributed by atoms with Gasteiger partial charge in [0.15, 0.2) is 0 Å². The second-order valence-electron chi connectivity index (χ2n) is 5.55. The van der Waals surface area contributed by atoms with E-state index in [1.54, 1.807) is 7.11 Å². The molecular formula is C15H26N2O. The van der Waals surface area contributed by atoms with Crippen LogP contribution in [0.5, 0.6) is 5.75 Å². The molecule has 18 heavy (non-hydrogen) atoms. The zero-order valence-electron chi connectivity index (χ0n) is 12.4. The lowest BCUT2D eigenvalue weighted by atomic mass is 10.0. The van der Waals surface area contributed by atoms with Crippen LogP contribution in [0.4, 0.5) is 0 Å². The molecule has 0 aliphatic carbocycles. The predicted octanol–water partition coefficient (Wildman–Crippen LogP) is 2.69. The molecule has 0 heterocycles. The SMILES string of the molecule is COc1ccccc1C(C)NCC(C)(C)N(C)C. The minimum absolute atomic E-state index is 0.135. The molecule has 1 aromatic rings. The van der Waals surface area contributed by atoms with E-state index in [4.69, 9.17) is 4.74 Å². The van der Waals surface area contributed by atoms with E-state index in [1.807, 2.05) is 18.2 Å². The third-order valence-corrected chi connectivity index (χ3v) is 3.66. The van der Waals surface area contributed by atoms with Crippen molar-refractivity contribution in [3.05, 3.63) is 29.8 Å². The number of nitrogens with one attached hydrogen (secondary N) is 1. The maximum atomic E-state index is 5.40. The molecule has 0 aromatic heterocycles. The van der Waals surface area contributed by atoms with E-state index in [2.05, 4.69) is 51.1 Å². The molecule has 0 spiro atoms. The second-order valence-corrected chi connectivity index (χ2v) is 5.55. The number of hydrogen-bond acceptors (Lipinski definition) is 3. The fraction of sp³-hybridized carbons (Fsp3) is 0.600. The first-order chi connectivity index (χ1) is 8.38. The maximum Gasteiger partial charge on any atom is 0.123 e. The highest BCUT2D eigenvalue weighted by Crippen LogP contribution is 2.24. The topological polar surface area (TPSA) is 24.5 Å². The zero-order valence-corrected chi connectivity index (χ0v) is 12.4. The van der Waals surface area contributed by atoms with Gasteiger partial charge in [0.25, 0.3) is 0 Å². The maximum absolute atomic E-state index is 5.40. The Bertz CT molecular complexity index is 375. The Hall–Kier alpha value is -1.06. The molecule has 0 saturated heterocycles. The van der Waals surface area contributed by atoms with Crippen LogP contribution in [-0.2, 0) is 0 Å². The van der Waals surface area contributed by atoms with Gasteiger partial charge in [-0.1, -0.05) is 18.2 Å². The van der Waals surface area contributed by atoms with Crippen LogP contribution in [0.15, 0.2) is 24.3 Å². The van der Waals surface area contributed by atoms with E-state index >= 15 is 0 Å². The van der Waals surface area contributed by atoms with Gasteiger partial charge in [0.2, 0.25) is 0 Å². The van der Waals surface area contributed by atoms with E-state index < -0.39 is 0 Å². The number of para-hydroxylation sites is 1. The van der Waals surface area contributed by atoms with E-state index in [0.717, 1.165) is 12.3 Å². The summed E-state index contributed by atoms with van der Waals surface area (Å²) in [6.45, 7) is 7.56. The van der Waals surface area contributed by atoms with Crippen LogP contribution >= 0.6 is 0 Å². The molecule has 0 fully saturated rings. The van der Waals surface area contributed by atoms with Crippen LogP contribution < -0.4 is 10.1 Å². The Balaban J connectivity index is 2.68. The molecule has 3 nitrogen and oxygen atoms in total. The standard InChI is InChI=1S/C15H26N2O/c1-12(16-11-15(2,3)17(4)5)13-9-7-8-10-14(13)18-6/h7-10,12,16H,11H2,1-6H3. The number of benzene rings is 1. The van der Waals surface area contributed by atoms with Crippen LogP contribution in [0.25, 0.3) is 0 Å². The summed E-state index contributed by atoms with van der Waals surface area (Å²) in [5.74, 6) is 0.945. The van der Waals surface area contributed by atoms with Crippen LogP contribution in [0.3, 0.4) is 0 Å².